The van der Waals surface area contributed by atoms with Crippen molar-refractivity contribution in [2.75, 3.05) is 6.54 Å². The van der Waals surface area contributed by atoms with Crippen molar-refractivity contribution in [2.24, 2.45) is 0 Å². The zero-order valence-corrected chi connectivity index (χ0v) is 13.4. The van der Waals surface area contributed by atoms with Crippen LogP contribution in [-0.4, -0.2) is 31.8 Å². The third kappa shape index (κ3) is 2.83. The molecule has 4 aromatic rings. The van der Waals surface area contributed by atoms with Crippen LogP contribution in [0.1, 0.15) is 16.1 Å². The van der Waals surface area contributed by atoms with E-state index in [9.17, 15) is 4.79 Å². The van der Waals surface area contributed by atoms with Gasteiger partial charge in [0.15, 0.2) is 0 Å². The van der Waals surface area contributed by atoms with Crippen LogP contribution >= 0.6 is 11.6 Å². The zero-order valence-electron chi connectivity index (χ0n) is 12.7. The maximum Gasteiger partial charge on any atom is 0.251 e. The molecule has 3 aromatic heterocycles. The number of hydrogen-bond acceptors (Lipinski definition) is 3. The Balaban J connectivity index is 1.41. The summed E-state index contributed by atoms with van der Waals surface area (Å²) in [6, 6.07) is 9.06. The first-order valence-electron chi connectivity index (χ1n) is 7.53. The second-order valence-corrected chi connectivity index (χ2v) is 5.92. The van der Waals surface area contributed by atoms with Crippen molar-refractivity contribution in [3.8, 4) is 0 Å². The summed E-state index contributed by atoms with van der Waals surface area (Å²) in [5, 5.41) is 3.57. The average Bonchev–Trinajstić information content (AvgIpc) is 3.19. The molecule has 120 valence electrons. The second kappa shape index (κ2) is 5.98. The molecule has 0 aliphatic carbocycles. The lowest BCUT2D eigenvalue weighted by Gasteiger charge is -2.04. The van der Waals surface area contributed by atoms with Crippen LogP contribution in [0.25, 0.3) is 16.7 Å². The molecule has 24 heavy (non-hydrogen) atoms. The smallest absolute Gasteiger partial charge is 0.251 e. The Bertz CT molecular complexity index is 1040. The molecule has 2 N–H and O–H groups in total. The molecule has 1 aromatic carbocycles. The van der Waals surface area contributed by atoms with Gasteiger partial charge in [-0.1, -0.05) is 11.6 Å². The lowest BCUT2D eigenvalue weighted by Crippen LogP contribution is -2.25. The minimum Gasteiger partial charge on any atom is -0.352 e. The molecule has 7 heteroatoms. The summed E-state index contributed by atoms with van der Waals surface area (Å²) in [7, 11) is 0. The number of nitrogens with one attached hydrogen (secondary N) is 2. The molecule has 1 amide bonds. The number of fused-ring (bicyclic) bond motifs is 2. The Hall–Kier alpha value is -2.86. The van der Waals surface area contributed by atoms with Crippen LogP contribution in [0.4, 0.5) is 0 Å². The van der Waals surface area contributed by atoms with Gasteiger partial charge in [0.05, 0.1) is 28.1 Å². The van der Waals surface area contributed by atoms with Crippen LogP contribution in [0.5, 0.6) is 0 Å². The minimum atomic E-state index is -0.113. The summed E-state index contributed by atoms with van der Waals surface area (Å²) in [5.74, 6) is -0.113. The minimum absolute atomic E-state index is 0.113. The van der Waals surface area contributed by atoms with Crippen LogP contribution in [0.15, 0.2) is 49.1 Å². The van der Waals surface area contributed by atoms with E-state index < -0.39 is 0 Å². The molecule has 3 heterocycles. The van der Waals surface area contributed by atoms with E-state index in [4.69, 9.17) is 11.6 Å². The van der Waals surface area contributed by atoms with Gasteiger partial charge in [0.2, 0.25) is 0 Å². The van der Waals surface area contributed by atoms with E-state index in [1.54, 1.807) is 24.5 Å². The molecule has 0 unspecified atom stereocenters. The molecule has 0 aliphatic heterocycles. The van der Waals surface area contributed by atoms with E-state index in [0.29, 0.717) is 23.6 Å². The van der Waals surface area contributed by atoms with Gasteiger partial charge in [-0.3, -0.25) is 4.79 Å². The first-order chi connectivity index (χ1) is 11.7. The maximum atomic E-state index is 12.2. The Kier molecular flexibility index (Phi) is 3.66. The molecule has 0 bridgehead atoms. The molecule has 0 saturated heterocycles. The standard InChI is InChI=1S/C17H14ClN5O/c18-12-2-4-16-22-13(9-23(16)8-12)5-6-19-17(24)11-1-3-14-15(7-11)21-10-20-14/h1-4,7-10H,5-6H2,(H,19,24)(H,20,21). The highest BCUT2D eigenvalue weighted by molar-refractivity contribution is 6.30. The van der Waals surface area contributed by atoms with E-state index in [0.717, 1.165) is 22.4 Å². The number of aromatic nitrogens is 4. The van der Waals surface area contributed by atoms with Crippen molar-refractivity contribution >= 4 is 34.2 Å². The number of H-pyrrole nitrogens is 1. The Morgan fingerprint density at radius 2 is 2.17 bits per heavy atom. The van der Waals surface area contributed by atoms with Crippen LogP contribution in [0, 0.1) is 0 Å². The first kappa shape index (κ1) is 14.7. The van der Waals surface area contributed by atoms with Crippen molar-refractivity contribution in [3.05, 3.63) is 65.3 Å². The second-order valence-electron chi connectivity index (χ2n) is 5.49. The van der Waals surface area contributed by atoms with Crippen LogP contribution in [0.2, 0.25) is 5.02 Å². The summed E-state index contributed by atoms with van der Waals surface area (Å²) >= 11 is 5.96. The van der Waals surface area contributed by atoms with Crippen LogP contribution in [-0.2, 0) is 6.42 Å². The van der Waals surface area contributed by atoms with Crippen molar-refractivity contribution in [3.63, 3.8) is 0 Å². The number of carbonyl (C=O) groups is 1. The summed E-state index contributed by atoms with van der Waals surface area (Å²) < 4.78 is 1.88. The van der Waals surface area contributed by atoms with E-state index in [1.807, 2.05) is 28.9 Å². The third-order valence-electron chi connectivity index (χ3n) is 3.81. The fraction of sp³-hybridized carbons (Fsp3) is 0.118. The lowest BCUT2D eigenvalue weighted by atomic mass is 10.2. The molecular weight excluding hydrogens is 326 g/mol. The Labute approximate surface area is 142 Å². The molecule has 6 nitrogen and oxygen atoms in total. The van der Waals surface area contributed by atoms with Gasteiger partial charge in [-0.2, -0.15) is 0 Å². The highest BCUT2D eigenvalue weighted by Gasteiger charge is 2.08. The highest BCUT2D eigenvalue weighted by Crippen LogP contribution is 2.13. The van der Waals surface area contributed by atoms with E-state index >= 15 is 0 Å². The number of halogens is 1. The van der Waals surface area contributed by atoms with Gasteiger partial charge in [0, 0.05) is 30.9 Å². The largest absolute Gasteiger partial charge is 0.352 e. The van der Waals surface area contributed by atoms with Gasteiger partial charge in [0.25, 0.3) is 5.91 Å². The molecular formula is C17H14ClN5O. The number of carbonyl (C=O) groups excluding carboxylic acids is 1. The first-order valence-corrected chi connectivity index (χ1v) is 7.91. The Morgan fingerprint density at radius 1 is 1.25 bits per heavy atom. The SMILES string of the molecule is O=C(NCCc1cn2cc(Cl)ccc2n1)c1ccc2nc[nH]c2c1. The summed E-state index contributed by atoms with van der Waals surface area (Å²) in [6.07, 6.45) is 6.00. The number of imidazole rings is 2. The van der Waals surface area contributed by atoms with Crippen LogP contribution < -0.4 is 5.32 Å². The van der Waals surface area contributed by atoms with E-state index in [1.165, 1.54) is 0 Å². The molecule has 0 spiro atoms. The number of pyridine rings is 1. The predicted octanol–water partition coefficient (Wildman–Crippen LogP) is 2.84. The molecule has 0 radical (unpaired) electrons. The monoisotopic (exact) mass is 339 g/mol. The van der Waals surface area contributed by atoms with Gasteiger partial charge >= 0.3 is 0 Å². The summed E-state index contributed by atoms with van der Waals surface area (Å²) in [6.45, 7) is 0.511. The van der Waals surface area contributed by atoms with Gasteiger partial charge in [-0.15, -0.1) is 0 Å². The van der Waals surface area contributed by atoms with Crippen molar-refractivity contribution < 1.29 is 4.79 Å². The number of amides is 1. The normalized spacial score (nSPS) is 11.2. The third-order valence-corrected chi connectivity index (χ3v) is 4.04. The number of benzene rings is 1. The maximum absolute atomic E-state index is 12.2. The van der Waals surface area contributed by atoms with Crippen molar-refractivity contribution in [2.45, 2.75) is 6.42 Å². The Morgan fingerprint density at radius 3 is 3.08 bits per heavy atom. The number of rotatable bonds is 4. The predicted molar refractivity (Wildman–Crippen MR) is 92.3 cm³/mol. The van der Waals surface area contributed by atoms with E-state index in [2.05, 4.69) is 20.3 Å². The molecule has 0 fully saturated rings. The quantitative estimate of drug-likeness (QED) is 0.600. The molecule has 0 atom stereocenters. The van der Waals surface area contributed by atoms with Crippen molar-refractivity contribution in [1.29, 1.82) is 0 Å². The fourth-order valence-electron chi connectivity index (χ4n) is 2.62. The molecule has 0 aliphatic rings. The molecule has 4 rings (SSSR count). The van der Waals surface area contributed by atoms with Crippen LogP contribution in [0.3, 0.4) is 0 Å². The van der Waals surface area contributed by atoms with Gasteiger partial charge in [0.1, 0.15) is 5.65 Å². The van der Waals surface area contributed by atoms with Crippen molar-refractivity contribution in [1.82, 2.24) is 24.7 Å². The fourth-order valence-corrected chi connectivity index (χ4v) is 2.79. The number of nitrogens with zero attached hydrogens (tertiary/aromatic N) is 3. The van der Waals surface area contributed by atoms with E-state index in [-0.39, 0.29) is 5.91 Å². The topological polar surface area (TPSA) is 75.1 Å². The van der Waals surface area contributed by atoms with Gasteiger partial charge in [-0.25, -0.2) is 9.97 Å². The van der Waals surface area contributed by atoms with Gasteiger partial charge < -0.3 is 14.7 Å². The zero-order chi connectivity index (χ0) is 16.5. The summed E-state index contributed by atoms with van der Waals surface area (Å²) in [5.41, 5.74) is 4.04. The number of hydrogen-bond donors (Lipinski definition) is 2. The highest BCUT2D eigenvalue weighted by atomic mass is 35.5. The van der Waals surface area contributed by atoms with Gasteiger partial charge in [-0.05, 0) is 30.3 Å². The number of aromatic amines is 1. The molecule has 0 saturated carbocycles. The summed E-state index contributed by atoms with van der Waals surface area (Å²) in [4.78, 5) is 23.9. The lowest BCUT2D eigenvalue weighted by molar-refractivity contribution is 0.0954. The average molecular weight is 340 g/mol.